The highest BCUT2D eigenvalue weighted by atomic mass is 15.3. The van der Waals surface area contributed by atoms with Gasteiger partial charge in [-0.25, -0.2) is 0 Å². The molecule has 1 heterocycles. The van der Waals surface area contributed by atoms with Crippen LogP contribution in [0, 0.1) is 6.92 Å². The quantitative estimate of drug-likeness (QED) is 0.659. The van der Waals surface area contributed by atoms with Crippen molar-refractivity contribution in [3.8, 4) is 0 Å². The van der Waals surface area contributed by atoms with Gasteiger partial charge in [-0.05, 0) is 32.3 Å². The van der Waals surface area contributed by atoms with Gasteiger partial charge in [0.25, 0.3) is 0 Å². The Kier molecular flexibility index (Phi) is 6.78. The minimum atomic E-state index is 1.16. The highest BCUT2D eigenvalue weighted by Gasteiger charge is 2.06. The van der Waals surface area contributed by atoms with Crippen molar-refractivity contribution in [2.75, 3.05) is 0 Å². The molecule has 1 aromatic heterocycles. The highest BCUT2D eigenvalue weighted by Crippen LogP contribution is 2.05. The van der Waals surface area contributed by atoms with Crippen molar-refractivity contribution in [1.82, 2.24) is 9.78 Å². The number of hydrogen-bond donors (Lipinski definition) is 0. The van der Waals surface area contributed by atoms with E-state index in [4.69, 9.17) is 0 Å². The maximum atomic E-state index is 4.41. The summed E-state index contributed by atoms with van der Waals surface area (Å²) in [5.74, 6) is 0. The molecule has 0 amide bonds. The third-order valence-corrected chi connectivity index (χ3v) is 2.54. The Morgan fingerprint density at radius 3 is 2.19 bits per heavy atom. The van der Waals surface area contributed by atoms with E-state index in [2.05, 4.69) is 25.0 Å². The van der Waals surface area contributed by atoms with Gasteiger partial charge >= 0.3 is 0 Å². The molecule has 16 heavy (non-hydrogen) atoms. The molecule has 2 heteroatoms. The highest BCUT2D eigenvalue weighted by molar-refractivity contribution is 5.47. The third-order valence-electron chi connectivity index (χ3n) is 2.54. The molecule has 1 aliphatic rings. The predicted octanol–water partition coefficient (Wildman–Crippen LogP) is 2.53. The Balaban J connectivity index is 0.000000509. The molecular formula is C14H26N2. The third kappa shape index (κ3) is 2.97. The molecular weight excluding hydrogens is 196 g/mol. The van der Waals surface area contributed by atoms with Crippen molar-refractivity contribution in [3.05, 3.63) is 16.3 Å². The maximum absolute atomic E-state index is 4.41. The second-order valence-corrected chi connectivity index (χ2v) is 3.49. The Morgan fingerprint density at radius 1 is 1.12 bits per heavy atom. The number of nitrogens with zero attached hydrogens (tertiary/aromatic N) is 2. The van der Waals surface area contributed by atoms with Crippen LogP contribution in [0.1, 0.15) is 53.2 Å². The zero-order valence-electron chi connectivity index (χ0n) is 11.9. The van der Waals surface area contributed by atoms with Crippen LogP contribution in [0.15, 0.2) is 0 Å². The first-order valence-corrected chi connectivity index (χ1v) is 6.39. The lowest BCUT2D eigenvalue weighted by Gasteiger charge is -2.02. The molecule has 0 N–H and O–H groups in total. The average molecular weight is 222 g/mol. The largest absolute Gasteiger partial charge is 0.268 e. The van der Waals surface area contributed by atoms with Gasteiger partial charge in [-0.2, -0.15) is 5.10 Å². The summed E-state index contributed by atoms with van der Waals surface area (Å²) in [6.07, 6.45) is 4.65. The summed E-state index contributed by atoms with van der Waals surface area (Å²) in [7, 11) is 2.02. The molecule has 0 radical (unpaired) electrons. The van der Waals surface area contributed by atoms with Gasteiger partial charge < -0.3 is 0 Å². The van der Waals surface area contributed by atoms with E-state index in [9.17, 15) is 0 Å². The van der Waals surface area contributed by atoms with E-state index >= 15 is 0 Å². The topological polar surface area (TPSA) is 17.8 Å². The first-order chi connectivity index (χ1) is 7.70. The van der Waals surface area contributed by atoms with E-state index in [0.29, 0.717) is 0 Å². The van der Waals surface area contributed by atoms with Crippen molar-refractivity contribution in [1.29, 1.82) is 0 Å². The monoisotopic (exact) mass is 222 g/mol. The fourth-order valence-corrected chi connectivity index (χ4v) is 1.98. The van der Waals surface area contributed by atoms with Crippen LogP contribution in [0.4, 0.5) is 0 Å². The molecule has 0 aliphatic heterocycles. The van der Waals surface area contributed by atoms with E-state index in [1.54, 1.807) is 0 Å². The van der Waals surface area contributed by atoms with Crippen LogP contribution in [0.3, 0.4) is 0 Å². The van der Waals surface area contributed by atoms with Gasteiger partial charge in [0.2, 0.25) is 0 Å². The van der Waals surface area contributed by atoms with Crippen LogP contribution in [0.2, 0.25) is 0 Å². The molecule has 0 spiro atoms. The molecule has 0 bridgehead atoms. The van der Waals surface area contributed by atoms with Crippen molar-refractivity contribution in [3.63, 3.8) is 0 Å². The van der Waals surface area contributed by atoms with E-state index in [1.807, 2.05) is 39.4 Å². The minimum absolute atomic E-state index is 1.16. The standard InChI is InChI=1S/C10H14N2.2C2H6/c1-7-5-4-6-9-8(2)11-12(3)10(7)9;2*1-2/h6H,4-5H2,1-3H3;2*1-2H3. The van der Waals surface area contributed by atoms with Crippen molar-refractivity contribution < 1.29 is 0 Å². The molecule has 2 nitrogen and oxygen atoms in total. The van der Waals surface area contributed by atoms with E-state index in [0.717, 1.165) is 5.69 Å². The normalized spacial score (nSPS) is 12.6. The molecule has 0 atom stereocenters. The molecule has 0 saturated heterocycles. The van der Waals surface area contributed by atoms with Crippen LogP contribution in [0.25, 0.3) is 11.6 Å². The van der Waals surface area contributed by atoms with Crippen molar-refractivity contribution in [2.45, 2.75) is 54.4 Å². The smallest absolute Gasteiger partial charge is 0.0669 e. The zero-order valence-corrected chi connectivity index (χ0v) is 11.9. The van der Waals surface area contributed by atoms with Crippen LogP contribution in [-0.4, -0.2) is 9.78 Å². The van der Waals surface area contributed by atoms with Gasteiger partial charge in [-0.15, -0.1) is 0 Å². The van der Waals surface area contributed by atoms with Crippen LogP contribution in [-0.2, 0) is 7.05 Å². The molecule has 1 aromatic rings. The van der Waals surface area contributed by atoms with Gasteiger partial charge in [-0.1, -0.05) is 33.8 Å². The van der Waals surface area contributed by atoms with Crippen LogP contribution >= 0.6 is 0 Å². The molecule has 2 rings (SSSR count). The summed E-state index contributed by atoms with van der Waals surface area (Å²) >= 11 is 0. The second-order valence-electron chi connectivity index (χ2n) is 3.49. The summed E-state index contributed by atoms with van der Waals surface area (Å²) in [6, 6.07) is 0. The number of aromatic nitrogens is 2. The molecule has 0 unspecified atom stereocenters. The lowest BCUT2D eigenvalue weighted by Crippen LogP contribution is -2.32. The fourth-order valence-electron chi connectivity index (χ4n) is 1.98. The fraction of sp³-hybridized carbons (Fsp3) is 0.643. The first-order valence-electron chi connectivity index (χ1n) is 6.39. The number of aryl methyl sites for hydroxylation is 2. The molecule has 0 fully saturated rings. The van der Waals surface area contributed by atoms with Crippen LogP contribution in [0.5, 0.6) is 0 Å². The summed E-state index contributed by atoms with van der Waals surface area (Å²) in [4.78, 5) is 0. The zero-order chi connectivity index (χ0) is 12.7. The number of rotatable bonds is 0. The van der Waals surface area contributed by atoms with Crippen molar-refractivity contribution >= 4 is 11.6 Å². The maximum Gasteiger partial charge on any atom is 0.0669 e. The average Bonchev–Trinajstić information content (AvgIpc) is 2.61. The summed E-state index contributed by atoms with van der Waals surface area (Å²) in [5.41, 5.74) is 2.63. The Hall–Kier alpha value is -1.05. The first kappa shape index (κ1) is 14.9. The summed E-state index contributed by atoms with van der Waals surface area (Å²) < 4.78 is 2.00. The van der Waals surface area contributed by atoms with Gasteiger partial charge in [0.15, 0.2) is 0 Å². The minimum Gasteiger partial charge on any atom is -0.268 e. The lowest BCUT2D eigenvalue weighted by atomic mass is 10.1. The second kappa shape index (κ2) is 7.26. The van der Waals surface area contributed by atoms with Crippen molar-refractivity contribution in [2.24, 2.45) is 7.05 Å². The SMILES string of the molecule is CC.CC.CC1=c2c(c(C)nn2C)=CCC1. The molecule has 92 valence electrons. The Labute approximate surface area is 99.7 Å². The lowest BCUT2D eigenvalue weighted by molar-refractivity contribution is 0.727. The van der Waals surface area contributed by atoms with E-state index in [-0.39, 0.29) is 0 Å². The summed E-state index contributed by atoms with van der Waals surface area (Å²) in [6.45, 7) is 12.3. The Bertz CT molecular complexity index is 424. The number of hydrogen-bond acceptors (Lipinski definition) is 1. The van der Waals surface area contributed by atoms with Gasteiger partial charge in [0.05, 0.1) is 11.0 Å². The predicted molar refractivity (Wildman–Crippen MR) is 72.7 cm³/mol. The number of fused-ring (bicyclic) bond motifs is 1. The van der Waals surface area contributed by atoms with Crippen LogP contribution < -0.4 is 10.6 Å². The van der Waals surface area contributed by atoms with E-state index < -0.39 is 0 Å². The Morgan fingerprint density at radius 2 is 1.69 bits per heavy atom. The van der Waals surface area contributed by atoms with Gasteiger partial charge in [0, 0.05) is 12.3 Å². The van der Waals surface area contributed by atoms with Gasteiger partial charge in [0.1, 0.15) is 0 Å². The summed E-state index contributed by atoms with van der Waals surface area (Å²) in [5, 5.41) is 7.09. The molecule has 1 aliphatic carbocycles. The van der Waals surface area contributed by atoms with Gasteiger partial charge in [-0.3, -0.25) is 4.68 Å². The van der Waals surface area contributed by atoms with E-state index in [1.165, 1.54) is 29.0 Å². The molecule has 0 saturated carbocycles. The molecule has 0 aromatic carbocycles.